The van der Waals surface area contributed by atoms with Crippen LogP contribution in [0.3, 0.4) is 0 Å². The molecule has 0 aliphatic rings. The van der Waals surface area contributed by atoms with Crippen LogP contribution in [-0.4, -0.2) is 26.8 Å². The third-order valence-corrected chi connectivity index (χ3v) is 3.81. The zero-order valence-electron chi connectivity index (χ0n) is 10.8. The van der Waals surface area contributed by atoms with Crippen LogP contribution in [-0.2, 0) is 17.8 Å². The second-order valence-corrected chi connectivity index (χ2v) is 5.39. The molecule has 0 amide bonds. The number of carbonyl (C=O) groups excluding carboxylic acids is 1. The molecule has 2 rings (SSSR count). The van der Waals surface area contributed by atoms with Crippen LogP contribution in [0.5, 0.6) is 0 Å². The van der Waals surface area contributed by atoms with Gasteiger partial charge in [-0.25, -0.2) is 4.98 Å². The van der Waals surface area contributed by atoms with Crippen molar-refractivity contribution in [1.82, 2.24) is 9.55 Å². The summed E-state index contributed by atoms with van der Waals surface area (Å²) in [7, 11) is 0. The fourth-order valence-electron chi connectivity index (χ4n) is 2.06. The van der Waals surface area contributed by atoms with Gasteiger partial charge in [-0.2, -0.15) is 11.8 Å². The molecule has 0 spiro atoms. The summed E-state index contributed by atoms with van der Waals surface area (Å²) in [6.45, 7) is 5.01. The summed E-state index contributed by atoms with van der Waals surface area (Å²) >= 11 is 1.67. The number of para-hydroxylation sites is 2. The van der Waals surface area contributed by atoms with Crippen LogP contribution in [0.1, 0.15) is 19.7 Å². The van der Waals surface area contributed by atoms with Gasteiger partial charge in [-0.05, 0) is 24.8 Å². The fourth-order valence-corrected chi connectivity index (χ4v) is 2.59. The predicted octanol–water partition coefficient (Wildman–Crippen LogP) is 2.92. The van der Waals surface area contributed by atoms with Crippen molar-refractivity contribution in [3.8, 4) is 0 Å². The van der Waals surface area contributed by atoms with Gasteiger partial charge >= 0.3 is 0 Å². The van der Waals surface area contributed by atoms with Crippen molar-refractivity contribution in [3.63, 3.8) is 0 Å². The Kier molecular flexibility index (Phi) is 4.42. The van der Waals surface area contributed by atoms with Crippen molar-refractivity contribution in [2.45, 2.75) is 26.8 Å². The molecule has 0 atom stereocenters. The molecule has 0 aliphatic heterocycles. The molecule has 96 valence electrons. The normalized spacial score (nSPS) is 11.0. The second-order valence-electron chi connectivity index (χ2n) is 4.11. The van der Waals surface area contributed by atoms with Crippen molar-refractivity contribution < 1.29 is 4.79 Å². The highest BCUT2D eigenvalue weighted by molar-refractivity contribution is 7.99. The number of Topliss-reactive ketones (excluding diaryl/α,β-unsaturated/α-hetero) is 1. The number of nitrogens with zero attached hydrogens (tertiary/aromatic N) is 2. The van der Waals surface area contributed by atoms with E-state index < -0.39 is 0 Å². The number of ketones is 1. The standard InChI is InChI=1S/C14H18N2OS/c1-3-16-13-8-6-5-7-12(13)15-14(16)9-11(17)10-18-4-2/h5-8H,3-4,9-10H2,1-2H3. The molecule has 2 aromatic rings. The van der Waals surface area contributed by atoms with Crippen molar-refractivity contribution in [2.75, 3.05) is 11.5 Å². The van der Waals surface area contributed by atoms with Gasteiger partial charge in [0.05, 0.1) is 23.2 Å². The average molecular weight is 262 g/mol. The summed E-state index contributed by atoms with van der Waals surface area (Å²) in [4.78, 5) is 16.4. The Morgan fingerprint density at radius 2 is 2.11 bits per heavy atom. The molecular formula is C14H18N2OS. The number of hydrogen-bond donors (Lipinski definition) is 0. The van der Waals surface area contributed by atoms with Gasteiger partial charge in [0.1, 0.15) is 11.6 Å². The lowest BCUT2D eigenvalue weighted by molar-refractivity contribution is -0.116. The maximum Gasteiger partial charge on any atom is 0.150 e. The molecule has 3 nitrogen and oxygen atoms in total. The van der Waals surface area contributed by atoms with Crippen molar-refractivity contribution >= 4 is 28.6 Å². The zero-order chi connectivity index (χ0) is 13.0. The minimum Gasteiger partial charge on any atom is -0.328 e. The van der Waals surface area contributed by atoms with E-state index in [1.54, 1.807) is 11.8 Å². The highest BCUT2D eigenvalue weighted by Crippen LogP contribution is 2.16. The van der Waals surface area contributed by atoms with E-state index in [-0.39, 0.29) is 5.78 Å². The summed E-state index contributed by atoms with van der Waals surface area (Å²) in [5, 5.41) is 0. The van der Waals surface area contributed by atoms with Gasteiger partial charge in [-0.15, -0.1) is 0 Å². The Morgan fingerprint density at radius 1 is 1.33 bits per heavy atom. The number of benzene rings is 1. The zero-order valence-corrected chi connectivity index (χ0v) is 11.7. The molecule has 1 heterocycles. The highest BCUT2D eigenvalue weighted by atomic mass is 32.2. The minimum absolute atomic E-state index is 0.256. The molecule has 1 aromatic heterocycles. The van der Waals surface area contributed by atoms with Crippen molar-refractivity contribution in [1.29, 1.82) is 0 Å². The molecule has 0 saturated heterocycles. The Balaban J connectivity index is 2.24. The number of fused-ring (bicyclic) bond motifs is 1. The first-order chi connectivity index (χ1) is 8.76. The van der Waals surface area contributed by atoms with Crippen LogP contribution in [0.15, 0.2) is 24.3 Å². The third kappa shape index (κ3) is 2.75. The Hall–Kier alpha value is -1.29. The molecule has 18 heavy (non-hydrogen) atoms. The van der Waals surface area contributed by atoms with E-state index in [1.165, 1.54) is 0 Å². The molecule has 0 bridgehead atoms. The summed E-state index contributed by atoms with van der Waals surface area (Å²) in [6, 6.07) is 8.04. The first-order valence-electron chi connectivity index (χ1n) is 6.29. The fraction of sp³-hybridized carbons (Fsp3) is 0.429. The number of carbonyl (C=O) groups is 1. The average Bonchev–Trinajstić information content (AvgIpc) is 2.73. The van der Waals surface area contributed by atoms with Gasteiger partial charge in [-0.3, -0.25) is 4.79 Å². The third-order valence-electron chi connectivity index (χ3n) is 2.87. The van der Waals surface area contributed by atoms with E-state index in [4.69, 9.17) is 0 Å². The maximum absolute atomic E-state index is 11.8. The van der Waals surface area contributed by atoms with Gasteiger partial charge < -0.3 is 4.57 Å². The van der Waals surface area contributed by atoms with Crippen LogP contribution in [0.4, 0.5) is 0 Å². The number of imidazole rings is 1. The van der Waals surface area contributed by atoms with E-state index in [2.05, 4.69) is 29.5 Å². The van der Waals surface area contributed by atoms with Gasteiger partial charge in [-0.1, -0.05) is 19.1 Å². The summed E-state index contributed by atoms with van der Waals surface area (Å²) in [5.74, 6) is 2.71. The van der Waals surface area contributed by atoms with E-state index in [1.807, 2.05) is 18.2 Å². The molecule has 0 radical (unpaired) electrons. The van der Waals surface area contributed by atoms with E-state index in [0.29, 0.717) is 12.2 Å². The number of thioether (sulfide) groups is 1. The van der Waals surface area contributed by atoms with Crippen LogP contribution in [0.25, 0.3) is 11.0 Å². The topological polar surface area (TPSA) is 34.9 Å². The molecule has 0 unspecified atom stereocenters. The quantitative estimate of drug-likeness (QED) is 0.803. The Labute approximate surface area is 112 Å². The monoisotopic (exact) mass is 262 g/mol. The smallest absolute Gasteiger partial charge is 0.150 e. The van der Waals surface area contributed by atoms with Crippen LogP contribution in [0, 0.1) is 0 Å². The Morgan fingerprint density at radius 3 is 2.83 bits per heavy atom. The van der Waals surface area contributed by atoms with E-state index in [0.717, 1.165) is 29.2 Å². The maximum atomic E-state index is 11.8. The SMILES string of the molecule is CCSCC(=O)Cc1nc2ccccc2n1CC. The molecule has 4 heteroatoms. The summed E-state index contributed by atoms with van der Waals surface area (Å²) in [6.07, 6.45) is 0.440. The van der Waals surface area contributed by atoms with Crippen LogP contribution in [0.2, 0.25) is 0 Å². The number of hydrogen-bond acceptors (Lipinski definition) is 3. The summed E-state index contributed by atoms with van der Waals surface area (Å²) in [5.41, 5.74) is 2.09. The van der Waals surface area contributed by atoms with Crippen molar-refractivity contribution in [2.24, 2.45) is 0 Å². The second kappa shape index (κ2) is 6.05. The number of aryl methyl sites for hydroxylation is 1. The molecule has 0 N–H and O–H groups in total. The summed E-state index contributed by atoms with van der Waals surface area (Å²) < 4.78 is 2.13. The van der Waals surface area contributed by atoms with Gasteiger partial charge in [0.15, 0.2) is 0 Å². The lowest BCUT2D eigenvalue weighted by Gasteiger charge is -2.05. The number of aromatic nitrogens is 2. The number of rotatable bonds is 6. The molecule has 1 aromatic carbocycles. The Bertz CT molecular complexity index is 548. The predicted molar refractivity (Wildman–Crippen MR) is 77.1 cm³/mol. The highest BCUT2D eigenvalue weighted by Gasteiger charge is 2.12. The van der Waals surface area contributed by atoms with E-state index in [9.17, 15) is 4.79 Å². The van der Waals surface area contributed by atoms with E-state index >= 15 is 0 Å². The minimum atomic E-state index is 0.256. The van der Waals surface area contributed by atoms with Crippen LogP contribution >= 0.6 is 11.8 Å². The molecule has 0 aliphatic carbocycles. The largest absolute Gasteiger partial charge is 0.328 e. The van der Waals surface area contributed by atoms with Crippen molar-refractivity contribution in [3.05, 3.63) is 30.1 Å². The van der Waals surface area contributed by atoms with Crippen LogP contribution < -0.4 is 0 Å². The molecule has 0 saturated carbocycles. The lowest BCUT2D eigenvalue weighted by atomic mass is 10.3. The molecular weight excluding hydrogens is 244 g/mol. The van der Waals surface area contributed by atoms with Gasteiger partial charge in [0.2, 0.25) is 0 Å². The van der Waals surface area contributed by atoms with Gasteiger partial charge in [0.25, 0.3) is 0 Å². The first kappa shape index (κ1) is 13.1. The van der Waals surface area contributed by atoms with Gasteiger partial charge in [0, 0.05) is 6.54 Å². The molecule has 0 fully saturated rings. The first-order valence-corrected chi connectivity index (χ1v) is 7.45. The lowest BCUT2D eigenvalue weighted by Crippen LogP contribution is -2.11.